The van der Waals surface area contributed by atoms with Crippen molar-refractivity contribution in [3.05, 3.63) is 124 Å². The molecule has 0 aliphatic carbocycles. The van der Waals surface area contributed by atoms with E-state index in [2.05, 4.69) is 26.1 Å². The maximum atomic E-state index is 13.0. The zero-order chi connectivity index (χ0) is 28.7. The lowest BCUT2D eigenvalue weighted by molar-refractivity contribution is -0.385. The minimum atomic E-state index is -0.687. The molecule has 0 heterocycles. The van der Waals surface area contributed by atoms with Gasteiger partial charge in [-0.05, 0) is 65.1 Å². The van der Waals surface area contributed by atoms with Gasteiger partial charge in [0, 0.05) is 6.07 Å². The van der Waals surface area contributed by atoms with Crippen molar-refractivity contribution in [3.8, 4) is 29.1 Å². The summed E-state index contributed by atoms with van der Waals surface area (Å²) in [6, 6.07) is 29.4. The Morgan fingerprint density at radius 2 is 1.50 bits per heavy atom. The van der Waals surface area contributed by atoms with Crippen molar-refractivity contribution in [1.29, 1.82) is 5.26 Å². The Bertz CT molecular complexity index is 1600. The fourth-order valence-electron chi connectivity index (χ4n) is 3.78. The van der Waals surface area contributed by atoms with Crippen molar-refractivity contribution >= 4 is 23.4 Å². The molecule has 0 radical (unpaired) electrons. The van der Waals surface area contributed by atoms with Crippen LogP contribution in [-0.2, 0) is 10.2 Å². The molecule has 4 aromatic rings. The predicted octanol–water partition coefficient (Wildman–Crippen LogP) is 8.02. The quantitative estimate of drug-likeness (QED) is 0.106. The van der Waals surface area contributed by atoms with E-state index in [0.29, 0.717) is 28.5 Å². The summed E-state index contributed by atoms with van der Waals surface area (Å²) >= 11 is 0. The molecule has 1 N–H and O–H groups in total. The molecule has 4 aromatic carbocycles. The summed E-state index contributed by atoms with van der Waals surface area (Å²) in [5, 5.41) is 24.2. The van der Waals surface area contributed by atoms with Gasteiger partial charge in [0.15, 0.2) is 5.75 Å². The van der Waals surface area contributed by atoms with E-state index in [9.17, 15) is 20.2 Å². The number of carbonyl (C=O) groups excluding carboxylic acids is 1. The van der Waals surface area contributed by atoms with Crippen molar-refractivity contribution in [3.63, 3.8) is 0 Å². The van der Waals surface area contributed by atoms with E-state index in [1.165, 1.54) is 18.2 Å². The van der Waals surface area contributed by atoms with Crippen molar-refractivity contribution < 1.29 is 19.2 Å². The zero-order valence-corrected chi connectivity index (χ0v) is 22.3. The topological polar surface area (TPSA) is 114 Å². The molecule has 200 valence electrons. The van der Waals surface area contributed by atoms with Gasteiger partial charge < -0.3 is 14.8 Å². The summed E-state index contributed by atoms with van der Waals surface area (Å²) < 4.78 is 11.7. The van der Waals surface area contributed by atoms with E-state index in [0.717, 1.165) is 5.56 Å². The average molecular weight is 534 g/mol. The number of benzene rings is 4. The number of amides is 1. The first-order valence-electron chi connectivity index (χ1n) is 12.5. The molecule has 4 rings (SSSR count). The molecule has 0 aliphatic rings. The van der Waals surface area contributed by atoms with Crippen LogP contribution < -0.4 is 14.8 Å². The van der Waals surface area contributed by atoms with Crippen LogP contribution in [0.4, 0.5) is 11.4 Å². The molecular weight excluding hydrogens is 506 g/mol. The number of nitrogens with zero attached hydrogens (tertiary/aromatic N) is 2. The highest BCUT2D eigenvalue weighted by Crippen LogP contribution is 2.34. The normalized spacial score (nSPS) is 11.3. The molecule has 40 heavy (non-hydrogen) atoms. The number of nitro benzene ring substituents is 1. The van der Waals surface area contributed by atoms with Gasteiger partial charge in [-0.25, -0.2) is 0 Å². The number of carbonyl (C=O) groups is 1. The minimum absolute atomic E-state index is 0.0414. The molecule has 0 bridgehead atoms. The standard InChI is InChI=1S/C32H27N3O5/c1-32(2,3)24-14-16-26(17-15-24)40-30-18-13-22(20-28(30)35(37)38)19-23(21-33)31(36)34-27-11-7-8-12-29(27)39-25-9-5-4-6-10-25/h4-20H,1-3H3,(H,34,36)/b23-19-. The molecule has 1 amide bonds. The number of nitriles is 1. The number of anilines is 1. The summed E-state index contributed by atoms with van der Waals surface area (Å²) in [4.78, 5) is 24.2. The third-order valence-corrected chi connectivity index (χ3v) is 5.91. The maximum Gasteiger partial charge on any atom is 0.312 e. The van der Waals surface area contributed by atoms with Crippen LogP contribution in [0.3, 0.4) is 0 Å². The fourth-order valence-corrected chi connectivity index (χ4v) is 3.78. The fraction of sp³-hybridized carbons (Fsp3) is 0.125. The van der Waals surface area contributed by atoms with Crippen molar-refractivity contribution in [1.82, 2.24) is 0 Å². The minimum Gasteiger partial charge on any atom is -0.455 e. The average Bonchev–Trinajstić information content (AvgIpc) is 2.93. The first kappa shape index (κ1) is 27.6. The maximum absolute atomic E-state index is 13.0. The number of para-hydroxylation sites is 3. The second kappa shape index (κ2) is 12.0. The molecule has 8 heteroatoms. The summed E-state index contributed by atoms with van der Waals surface area (Å²) in [7, 11) is 0. The molecule has 0 fully saturated rings. The van der Waals surface area contributed by atoms with Gasteiger partial charge in [-0.15, -0.1) is 0 Å². The van der Waals surface area contributed by atoms with Crippen LogP contribution >= 0.6 is 0 Å². The van der Waals surface area contributed by atoms with Crippen molar-refractivity contribution in [2.45, 2.75) is 26.2 Å². The lowest BCUT2D eigenvalue weighted by Crippen LogP contribution is -2.14. The lowest BCUT2D eigenvalue weighted by atomic mass is 9.87. The van der Waals surface area contributed by atoms with Crippen LogP contribution in [-0.4, -0.2) is 10.8 Å². The molecule has 0 spiro atoms. The Morgan fingerprint density at radius 3 is 2.15 bits per heavy atom. The van der Waals surface area contributed by atoms with Gasteiger partial charge in [-0.1, -0.05) is 69.3 Å². The van der Waals surface area contributed by atoms with E-state index >= 15 is 0 Å². The Morgan fingerprint density at radius 1 is 0.875 bits per heavy atom. The molecule has 0 aromatic heterocycles. The SMILES string of the molecule is CC(C)(C)c1ccc(Oc2ccc(/C=C(/C#N)C(=O)Nc3ccccc3Oc3ccccc3)cc2[N+](=O)[O-])cc1. The number of nitrogens with one attached hydrogen (secondary N) is 1. The van der Waals surface area contributed by atoms with Gasteiger partial charge in [0.1, 0.15) is 23.1 Å². The van der Waals surface area contributed by atoms with Gasteiger partial charge in [0.2, 0.25) is 5.75 Å². The first-order chi connectivity index (χ1) is 19.1. The monoisotopic (exact) mass is 533 g/mol. The lowest BCUT2D eigenvalue weighted by Gasteiger charge is -2.19. The molecule has 0 saturated carbocycles. The summed E-state index contributed by atoms with van der Waals surface area (Å²) in [5.41, 5.74) is 1.18. The van der Waals surface area contributed by atoms with Gasteiger partial charge in [-0.3, -0.25) is 14.9 Å². The Balaban J connectivity index is 1.55. The van der Waals surface area contributed by atoms with Gasteiger partial charge >= 0.3 is 5.69 Å². The second-order valence-corrected chi connectivity index (χ2v) is 9.90. The van der Waals surface area contributed by atoms with E-state index in [1.54, 1.807) is 54.6 Å². The van der Waals surface area contributed by atoms with Crippen LogP contribution in [0, 0.1) is 21.4 Å². The van der Waals surface area contributed by atoms with E-state index in [4.69, 9.17) is 9.47 Å². The molecular formula is C32H27N3O5. The Kier molecular flexibility index (Phi) is 8.26. The molecule has 0 atom stereocenters. The van der Waals surface area contributed by atoms with Gasteiger partial charge in [0.05, 0.1) is 10.6 Å². The number of ether oxygens (including phenoxy) is 2. The highest BCUT2D eigenvalue weighted by atomic mass is 16.6. The highest BCUT2D eigenvalue weighted by molar-refractivity contribution is 6.10. The van der Waals surface area contributed by atoms with Crippen LogP contribution in [0.5, 0.6) is 23.0 Å². The molecule has 0 aliphatic heterocycles. The summed E-state index contributed by atoms with van der Waals surface area (Å²) in [6.45, 7) is 6.27. The van der Waals surface area contributed by atoms with Gasteiger partial charge in [-0.2, -0.15) is 5.26 Å². The number of rotatable bonds is 8. The number of nitro groups is 1. The van der Waals surface area contributed by atoms with E-state index in [-0.39, 0.29) is 22.4 Å². The van der Waals surface area contributed by atoms with Crippen molar-refractivity contribution in [2.24, 2.45) is 0 Å². The van der Waals surface area contributed by atoms with E-state index in [1.807, 2.05) is 36.4 Å². The third-order valence-electron chi connectivity index (χ3n) is 5.91. The number of hydrogen-bond donors (Lipinski definition) is 1. The number of hydrogen-bond acceptors (Lipinski definition) is 6. The van der Waals surface area contributed by atoms with Crippen LogP contribution in [0.2, 0.25) is 0 Å². The summed E-state index contributed by atoms with van der Waals surface area (Å²) in [6.07, 6.45) is 1.28. The third kappa shape index (κ3) is 6.91. The Labute approximate surface area is 232 Å². The zero-order valence-electron chi connectivity index (χ0n) is 22.3. The van der Waals surface area contributed by atoms with Crippen LogP contribution in [0.15, 0.2) is 103 Å². The largest absolute Gasteiger partial charge is 0.455 e. The summed E-state index contributed by atoms with van der Waals surface area (Å²) in [5.74, 6) is 0.786. The smallest absolute Gasteiger partial charge is 0.312 e. The van der Waals surface area contributed by atoms with Gasteiger partial charge in [0.25, 0.3) is 5.91 Å². The molecule has 8 nitrogen and oxygen atoms in total. The Hall–Kier alpha value is -5.42. The molecule has 0 saturated heterocycles. The molecule has 0 unspecified atom stereocenters. The predicted molar refractivity (Wildman–Crippen MR) is 153 cm³/mol. The van der Waals surface area contributed by atoms with E-state index < -0.39 is 10.8 Å². The van der Waals surface area contributed by atoms with Crippen molar-refractivity contribution in [2.75, 3.05) is 5.32 Å². The first-order valence-corrected chi connectivity index (χ1v) is 12.5. The second-order valence-electron chi connectivity index (χ2n) is 9.90. The van der Waals surface area contributed by atoms with Crippen LogP contribution in [0.1, 0.15) is 31.9 Å². The van der Waals surface area contributed by atoms with Crippen LogP contribution in [0.25, 0.3) is 6.08 Å². The highest BCUT2D eigenvalue weighted by Gasteiger charge is 2.19.